The molecule has 7 heteroatoms. The van der Waals surface area contributed by atoms with Crippen LogP contribution in [0.25, 0.3) is 0 Å². The predicted octanol–water partition coefficient (Wildman–Crippen LogP) is 1.26. The van der Waals surface area contributed by atoms with Crippen LogP contribution in [0.5, 0.6) is 0 Å². The number of nitrogens with zero attached hydrogens (tertiary/aromatic N) is 3. The van der Waals surface area contributed by atoms with Gasteiger partial charge in [-0.25, -0.2) is 14.5 Å². The summed E-state index contributed by atoms with van der Waals surface area (Å²) in [4.78, 5) is 30.2. The Labute approximate surface area is 140 Å². The van der Waals surface area contributed by atoms with Crippen molar-refractivity contribution in [3.8, 4) is 0 Å². The number of amides is 1. The molecule has 7 nitrogen and oxygen atoms in total. The van der Waals surface area contributed by atoms with Crippen molar-refractivity contribution in [2.24, 2.45) is 5.92 Å². The van der Waals surface area contributed by atoms with Gasteiger partial charge in [-0.2, -0.15) is 0 Å². The van der Waals surface area contributed by atoms with Crippen LogP contribution in [-0.4, -0.2) is 46.6 Å². The summed E-state index contributed by atoms with van der Waals surface area (Å²) in [7, 11) is 1.29. The number of likely N-dealkylation sites (tertiary alicyclic amines) is 1. The first-order valence-electron chi connectivity index (χ1n) is 7.85. The lowest BCUT2D eigenvalue weighted by molar-refractivity contribution is -0.120. The third kappa shape index (κ3) is 3.62. The lowest BCUT2D eigenvalue weighted by atomic mass is 10.1. The lowest BCUT2D eigenvalue weighted by Gasteiger charge is -2.16. The second-order valence-corrected chi connectivity index (χ2v) is 5.82. The first-order chi connectivity index (χ1) is 11.7. The van der Waals surface area contributed by atoms with E-state index >= 15 is 0 Å². The molecule has 1 unspecified atom stereocenters. The van der Waals surface area contributed by atoms with Gasteiger partial charge in [-0.15, -0.1) is 0 Å². The van der Waals surface area contributed by atoms with Crippen LogP contribution in [-0.2, 0) is 16.1 Å². The number of methoxy groups -OCH3 is 1. The molecule has 3 rings (SSSR count). The molecule has 1 atom stereocenters. The average molecular weight is 328 g/mol. The molecule has 126 valence electrons. The minimum Gasteiger partial charge on any atom is -0.464 e. The molecule has 1 N–H and O–H groups in total. The largest absolute Gasteiger partial charge is 0.464 e. The van der Waals surface area contributed by atoms with Crippen LogP contribution in [0, 0.1) is 5.92 Å². The van der Waals surface area contributed by atoms with Gasteiger partial charge in [-0.3, -0.25) is 15.1 Å². The predicted molar refractivity (Wildman–Crippen MR) is 87.8 cm³/mol. The first kappa shape index (κ1) is 16.2. The van der Waals surface area contributed by atoms with Gasteiger partial charge in [0.1, 0.15) is 6.33 Å². The minimum absolute atomic E-state index is 0.110. The van der Waals surface area contributed by atoms with E-state index in [1.54, 1.807) is 0 Å². The number of esters is 1. The Morgan fingerprint density at radius 2 is 2.12 bits per heavy atom. The fourth-order valence-electron chi connectivity index (χ4n) is 2.88. The van der Waals surface area contributed by atoms with Crippen molar-refractivity contribution in [3.05, 3.63) is 54.1 Å². The summed E-state index contributed by atoms with van der Waals surface area (Å²) in [6.07, 6.45) is 3.55. The van der Waals surface area contributed by atoms with Crippen molar-refractivity contribution in [2.75, 3.05) is 25.6 Å². The van der Waals surface area contributed by atoms with Crippen molar-refractivity contribution >= 4 is 11.9 Å². The van der Waals surface area contributed by atoms with Crippen LogP contribution in [0.3, 0.4) is 0 Å². The molecule has 2 heterocycles. The average Bonchev–Trinajstić information content (AvgIpc) is 3.24. The summed E-state index contributed by atoms with van der Waals surface area (Å²) in [5, 5.41) is 0. The molecule has 0 radical (unpaired) electrons. The maximum absolute atomic E-state index is 12.4. The van der Waals surface area contributed by atoms with Crippen LogP contribution >= 0.6 is 0 Å². The second-order valence-electron chi connectivity index (χ2n) is 5.82. The Hall–Kier alpha value is -2.67. The van der Waals surface area contributed by atoms with E-state index in [0.29, 0.717) is 6.54 Å². The van der Waals surface area contributed by atoms with E-state index in [1.807, 2.05) is 18.2 Å². The number of hydrogen-bond donors (Lipinski definition) is 1. The molecule has 24 heavy (non-hydrogen) atoms. The minimum atomic E-state index is -0.537. The van der Waals surface area contributed by atoms with E-state index in [2.05, 4.69) is 32.2 Å². The van der Waals surface area contributed by atoms with Crippen molar-refractivity contribution < 1.29 is 14.3 Å². The Balaban J connectivity index is 1.57. The normalized spacial score (nSPS) is 17.6. The van der Waals surface area contributed by atoms with E-state index < -0.39 is 5.97 Å². The number of hydrogen-bond acceptors (Lipinski definition) is 5. The summed E-state index contributed by atoms with van der Waals surface area (Å²) in [5.41, 5.74) is 4.16. The molecule has 1 saturated heterocycles. The van der Waals surface area contributed by atoms with Crippen molar-refractivity contribution in [1.82, 2.24) is 14.6 Å². The fourth-order valence-corrected chi connectivity index (χ4v) is 2.88. The standard InChI is InChI=1S/C17H20N4O3/c1-24-17(23)15-9-18-12-21(15)19-16(22)14-7-8-20(11-14)10-13-5-3-2-4-6-13/h2-6,9,12,14H,7-8,10-11H2,1H3,(H,19,22). The van der Waals surface area contributed by atoms with E-state index in [9.17, 15) is 9.59 Å². The van der Waals surface area contributed by atoms with Crippen LogP contribution < -0.4 is 5.43 Å². The molecular weight excluding hydrogens is 308 g/mol. The number of nitrogens with one attached hydrogen (secondary N) is 1. The Bertz CT molecular complexity index is 714. The van der Waals surface area contributed by atoms with Crippen LogP contribution in [0.15, 0.2) is 42.9 Å². The molecule has 1 aliphatic rings. The Kier molecular flexibility index (Phi) is 4.90. The van der Waals surface area contributed by atoms with Gasteiger partial charge >= 0.3 is 5.97 Å². The number of ether oxygens (including phenoxy) is 1. The van der Waals surface area contributed by atoms with Crippen LogP contribution in [0.2, 0.25) is 0 Å². The van der Waals surface area contributed by atoms with Gasteiger partial charge in [-0.05, 0) is 18.5 Å². The Morgan fingerprint density at radius 1 is 1.33 bits per heavy atom. The van der Waals surface area contributed by atoms with Crippen molar-refractivity contribution in [2.45, 2.75) is 13.0 Å². The SMILES string of the molecule is COC(=O)c1cncn1NC(=O)C1CCN(Cc2ccccc2)C1. The van der Waals surface area contributed by atoms with Crippen molar-refractivity contribution in [3.63, 3.8) is 0 Å². The monoisotopic (exact) mass is 328 g/mol. The summed E-state index contributed by atoms with van der Waals surface area (Å²) in [6.45, 7) is 2.41. The van der Waals surface area contributed by atoms with Gasteiger partial charge in [0, 0.05) is 13.1 Å². The highest BCUT2D eigenvalue weighted by molar-refractivity contribution is 5.90. The molecule has 1 aliphatic heterocycles. The topological polar surface area (TPSA) is 76.5 Å². The zero-order valence-electron chi connectivity index (χ0n) is 13.5. The molecule has 2 aromatic rings. The summed E-state index contributed by atoms with van der Waals surface area (Å²) >= 11 is 0. The molecule has 0 spiro atoms. The number of benzene rings is 1. The number of carbonyl (C=O) groups is 2. The highest BCUT2D eigenvalue weighted by atomic mass is 16.5. The smallest absolute Gasteiger partial charge is 0.358 e. The summed E-state index contributed by atoms with van der Waals surface area (Å²) < 4.78 is 5.98. The van der Waals surface area contributed by atoms with Gasteiger partial charge in [0.25, 0.3) is 0 Å². The highest BCUT2D eigenvalue weighted by Crippen LogP contribution is 2.19. The fraction of sp³-hybridized carbons (Fsp3) is 0.353. The van der Waals surface area contributed by atoms with E-state index in [0.717, 1.165) is 19.5 Å². The van der Waals surface area contributed by atoms with Crippen molar-refractivity contribution in [1.29, 1.82) is 0 Å². The maximum atomic E-state index is 12.4. The Morgan fingerprint density at radius 3 is 2.88 bits per heavy atom. The molecule has 1 aromatic carbocycles. The number of rotatable bonds is 5. The van der Waals surface area contributed by atoms with Gasteiger partial charge in [0.15, 0.2) is 5.69 Å². The molecule has 0 saturated carbocycles. The maximum Gasteiger partial charge on any atom is 0.358 e. The molecule has 1 fully saturated rings. The molecule has 1 aromatic heterocycles. The number of aromatic nitrogens is 2. The lowest BCUT2D eigenvalue weighted by Crippen LogP contribution is -2.33. The summed E-state index contributed by atoms with van der Waals surface area (Å²) in [6, 6.07) is 10.2. The number of imidazole rings is 1. The van der Waals surface area contributed by atoms with Crippen LogP contribution in [0.1, 0.15) is 22.5 Å². The van der Waals surface area contributed by atoms with E-state index in [4.69, 9.17) is 0 Å². The second kappa shape index (κ2) is 7.27. The van der Waals surface area contributed by atoms with E-state index in [1.165, 1.54) is 29.9 Å². The quantitative estimate of drug-likeness (QED) is 0.836. The van der Waals surface area contributed by atoms with Gasteiger partial charge < -0.3 is 4.74 Å². The third-order valence-corrected chi connectivity index (χ3v) is 4.16. The zero-order valence-corrected chi connectivity index (χ0v) is 13.5. The molecule has 1 amide bonds. The highest BCUT2D eigenvalue weighted by Gasteiger charge is 2.29. The van der Waals surface area contributed by atoms with Gasteiger partial charge in [0.05, 0.1) is 19.2 Å². The van der Waals surface area contributed by atoms with Crippen LogP contribution in [0.4, 0.5) is 0 Å². The first-order valence-corrected chi connectivity index (χ1v) is 7.85. The third-order valence-electron chi connectivity index (χ3n) is 4.16. The summed E-state index contributed by atoms with van der Waals surface area (Å²) in [5.74, 6) is -0.764. The van der Waals surface area contributed by atoms with Gasteiger partial charge in [-0.1, -0.05) is 30.3 Å². The molecular formula is C17H20N4O3. The van der Waals surface area contributed by atoms with E-state index in [-0.39, 0.29) is 17.5 Å². The zero-order chi connectivity index (χ0) is 16.9. The molecule has 0 bridgehead atoms. The van der Waals surface area contributed by atoms with Gasteiger partial charge in [0.2, 0.25) is 5.91 Å². The number of carbonyl (C=O) groups excluding carboxylic acids is 2. The molecule has 0 aliphatic carbocycles.